The maximum Gasteiger partial charge on any atom is 0.234 e. The number of hydrogen-bond acceptors (Lipinski definition) is 4. The molecular weight excluding hydrogens is 373 g/mol. The first-order valence-electron chi connectivity index (χ1n) is 8.69. The third-order valence-corrected chi connectivity index (χ3v) is 5.07. The van der Waals surface area contributed by atoms with Crippen LogP contribution in [0.2, 0.25) is 0 Å². The first-order valence-corrected chi connectivity index (χ1v) is 9.91. The maximum atomic E-state index is 13.5. The van der Waals surface area contributed by atoms with Crippen molar-refractivity contribution in [1.29, 1.82) is 0 Å². The van der Waals surface area contributed by atoms with E-state index in [9.17, 15) is 4.39 Å². The van der Waals surface area contributed by atoms with Crippen LogP contribution in [0.3, 0.4) is 0 Å². The van der Waals surface area contributed by atoms with Crippen LogP contribution in [0.4, 0.5) is 4.39 Å². The number of nitrogens with zero attached hydrogens (tertiary/aromatic N) is 3. The van der Waals surface area contributed by atoms with Gasteiger partial charge < -0.3 is 4.74 Å². The number of rotatable bonds is 5. The minimum Gasteiger partial charge on any atom is -0.487 e. The van der Waals surface area contributed by atoms with E-state index < -0.39 is 0 Å². The molecule has 6 heteroatoms. The second-order valence-electron chi connectivity index (χ2n) is 6.22. The third kappa shape index (κ3) is 3.77. The molecule has 1 aliphatic carbocycles. The summed E-state index contributed by atoms with van der Waals surface area (Å²) in [5.41, 5.74) is 3.42. The zero-order valence-corrected chi connectivity index (χ0v) is 16.1. The van der Waals surface area contributed by atoms with Crippen molar-refractivity contribution in [2.45, 2.75) is 11.5 Å². The minimum atomic E-state index is -0.247. The minimum absolute atomic E-state index is 0.247. The molecule has 0 radical (unpaired) electrons. The van der Waals surface area contributed by atoms with Gasteiger partial charge in [0.15, 0.2) is 0 Å². The zero-order valence-electron chi connectivity index (χ0n) is 15.3. The van der Waals surface area contributed by atoms with Gasteiger partial charge in [0.2, 0.25) is 5.78 Å². The number of halogens is 1. The summed E-state index contributed by atoms with van der Waals surface area (Å²) >= 11 is 1.50. The molecule has 4 nitrogen and oxygen atoms in total. The van der Waals surface area contributed by atoms with Crippen molar-refractivity contribution in [2.75, 3.05) is 6.26 Å². The van der Waals surface area contributed by atoms with Gasteiger partial charge in [0.05, 0.1) is 5.69 Å². The summed E-state index contributed by atoms with van der Waals surface area (Å²) in [5.74, 6) is 1.05. The van der Waals surface area contributed by atoms with E-state index in [0.717, 1.165) is 27.3 Å². The van der Waals surface area contributed by atoms with Crippen LogP contribution in [-0.2, 0) is 11.3 Å². The third-order valence-electron chi connectivity index (χ3n) is 4.29. The van der Waals surface area contributed by atoms with Crippen LogP contribution in [0, 0.1) is 5.82 Å². The molecule has 0 atom stereocenters. The molecule has 28 heavy (non-hydrogen) atoms. The Morgan fingerprint density at radius 1 is 1.21 bits per heavy atom. The Morgan fingerprint density at radius 2 is 2.11 bits per heavy atom. The van der Waals surface area contributed by atoms with Crippen LogP contribution >= 0.6 is 11.8 Å². The van der Waals surface area contributed by atoms with Crippen molar-refractivity contribution in [2.24, 2.45) is 0 Å². The monoisotopic (exact) mass is 391 g/mol. The summed E-state index contributed by atoms with van der Waals surface area (Å²) in [6.07, 6.45) is 17.1. The lowest BCUT2D eigenvalue weighted by Gasteiger charge is -2.08. The zero-order chi connectivity index (χ0) is 19.5. The number of hydrogen-bond donors (Lipinski definition) is 0. The normalized spacial score (nSPS) is 13.6. The largest absolute Gasteiger partial charge is 0.487 e. The lowest BCUT2D eigenvalue weighted by Crippen LogP contribution is -1.95. The predicted octanol–water partition coefficient (Wildman–Crippen LogP) is 5.34. The van der Waals surface area contributed by atoms with Gasteiger partial charge in [-0.1, -0.05) is 36.9 Å². The summed E-state index contributed by atoms with van der Waals surface area (Å²) in [5, 5.41) is 0. The Balaban J connectivity index is 1.59. The fourth-order valence-corrected chi connectivity index (χ4v) is 3.54. The topological polar surface area (TPSA) is 39.4 Å². The van der Waals surface area contributed by atoms with Crippen LogP contribution in [0.5, 0.6) is 0 Å². The van der Waals surface area contributed by atoms with Gasteiger partial charge in [-0.15, -0.1) is 11.8 Å². The van der Waals surface area contributed by atoms with Gasteiger partial charge in [-0.3, -0.25) is 4.40 Å². The molecule has 2 aromatic heterocycles. The Hall–Kier alpha value is -3.12. The molecule has 3 aromatic rings. The van der Waals surface area contributed by atoms with E-state index in [1.165, 1.54) is 23.9 Å². The number of thioether (sulfide) groups is 1. The highest BCUT2D eigenvalue weighted by Crippen LogP contribution is 2.30. The number of aromatic nitrogens is 3. The quantitative estimate of drug-likeness (QED) is 0.551. The van der Waals surface area contributed by atoms with Crippen LogP contribution in [0.1, 0.15) is 5.69 Å². The van der Waals surface area contributed by atoms with Gasteiger partial charge >= 0.3 is 0 Å². The average molecular weight is 391 g/mol. The van der Waals surface area contributed by atoms with Gasteiger partial charge in [-0.2, -0.15) is 0 Å². The number of benzene rings is 1. The molecule has 0 amide bonds. The van der Waals surface area contributed by atoms with Crippen molar-refractivity contribution in [3.63, 3.8) is 0 Å². The van der Waals surface area contributed by atoms with E-state index >= 15 is 0 Å². The molecule has 0 saturated heterocycles. The molecule has 140 valence electrons. The summed E-state index contributed by atoms with van der Waals surface area (Å²) < 4.78 is 21.2. The van der Waals surface area contributed by atoms with Gasteiger partial charge in [-0.25, -0.2) is 14.4 Å². The van der Waals surface area contributed by atoms with Crippen LogP contribution < -0.4 is 0 Å². The van der Waals surface area contributed by atoms with Crippen molar-refractivity contribution in [3.8, 4) is 11.1 Å². The van der Waals surface area contributed by atoms with Gasteiger partial charge in [0, 0.05) is 34.6 Å². The van der Waals surface area contributed by atoms with Gasteiger partial charge in [0.1, 0.15) is 18.2 Å². The SMILES string of the molecule is C=C1C=CC=CC=C1OCc1cn2cc(-c3ccc(F)cc3SC)cnc2n1. The molecule has 0 aliphatic heterocycles. The Morgan fingerprint density at radius 3 is 2.96 bits per heavy atom. The van der Waals surface area contributed by atoms with E-state index in [1.54, 1.807) is 12.3 Å². The number of ether oxygens (including phenoxy) is 1. The molecule has 2 heterocycles. The smallest absolute Gasteiger partial charge is 0.234 e. The molecule has 0 saturated carbocycles. The highest BCUT2D eigenvalue weighted by Gasteiger charge is 2.10. The van der Waals surface area contributed by atoms with E-state index in [4.69, 9.17) is 4.74 Å². The lowest BCUT2D eigenvalue weighted by molar-refractivity contribution is 0.205. The Labute approximate surface area is 166 Å². The van der Waals surface area contributed by atoms with E-state index in [1.807, 2.05) is 53.4 Å². The summed E-state index contributed by atoms with van der Waals surface area (Å²) in [7, 11) is 0. The molecule has 0 spiro atoms. The standard InChI is InChI=1S/C22H18FN3OS/c1-15-6-4-3-5-7-20(15)27-14-18-13-26-12-16(11-24-22(26)25-18)19-9-8-17(23)10-21(19)28-2/h3-13H,1,14H2,2H3. The van der Waals surface area contributed by atoms with Gasteiger partial charge in [-0.05, 0) is 30.0 Å². The summed E-state index contributed by atoms with van der Waals surface area (Å²) in [6, 6.07) is 4.77. The molecule has 0 N–H and O–H groups in total. The van der Waals surface area contributed by atoms with Crippen molar-refractivity contribution in [1.82, 2.24) is 14.4 Å². The highest BCUT2D eigenvalue weighted by molar-refractivity contribution is 7.98. The molecule has 1 aromatic carbocycles. The number of allylic oxidation sites excluding steroid dienone is 5. The first-order chi connectivity index (χ1) is 13.6. The second kappa shape index (κ2) is 7.86. The van der Waals surface area contributed by atoms with Crippen molar-refractivity contribution < 1.29 is 9.13 Å². The highest BCUT2D eigenvalue weighted by atomic mass is 32.2. The van der Waals surface area contributed by atoms with Crippen LogP contribution in [-0.4, -0.2) is 20.6 Å². The fraction of sp³-hybridized carbons (Fsp3) is 0.0909. The van der Waals surface area contributed by atoms with Crippen molar-refractivity contribution >= 4 is 17.5 Å². The number of imidazole rings is 1. The Bertz CT molecular complexity index is 1140. The van der Waals surface area contributed by atoms with E-state index in [0.29, 0.717) is 18.1 Å². The lowest BCUT2D eigenvalue weighted by atomic mass is 10.1. The first kappa shape index (κ1) is 18.3. The summed E-state index contributed by atoms with van der Waals surface area (Å²) in [6.45, 7) is 4.31. The van der Waals surface area contributed by atoms with E-state index in [-0.39, 0.29) is 5.82 Å². The number of fused-ring (bicyclic) bond motifs is 1. The summed E-state index contributed by atoms with van der Waals surface area (Å²) in [4.78, 5) is 9.81. The predicted molar refractivity (Wildman–Crippen MR) is 110 cm³/mol. The Kier molecular flexibility index (Phi) is 5.12. The molecule has 0 unspecified atom stereocenters. The second-order valence-corrected chi connectivity index (χ2v) is 7.06. The molecular formula is C22H18FN3OS. The van der Waals surface area contributed by atoms with Crippen LogP contribution in [0.25, 0.3) is 16.9 Å². The maximum absolute atomic E-state index is 13.5. The average Bonchev–Trinajstić information content (AvgIpc) is 3.00. The van der Waals surface area contributed by atoms with Crippen molar-refractivity contribution in [3.05, 3.63) is 96.6 Å². The van der Waals surface area contributed by atoms with E-state index in [2.05, 4.69) is 16.5 Å². The van der Waals surface area contributed by atoms with Gasteiger partial charge in [0.25, 0.3) is 0 Å². The molecule has 0 fully saturated rings. The van der Waals surface area contributed by atoms with Crippen LogP contribution in [0.15, 0.2) is 90.0 Å². The molecule has 0 bridgehead atoms. The fourth-order valence-electron chi connectivity index (χ4n) is 2.91. The molecule has 4 rings (SSSR count). The molecule has 1 aliphatic rings.